The monoisotopic (exact) mass is 466 g/mol. The van der Waals surface area contributed by atoms with Crippen LogP contribution in [0.3, 0.4) is 0 Å². The Hall–Kier alpha value is -0.0800. The molecular weight excluding hydrogens is 427 g/mol. The molecule has 6 heteroatoms. The van der Waals surface area contributed by atoms with Crippen LogP contribution in [0.1, 0.15) is 58.3 Å². The van der Waals surface area contributed by atoms with Gasteiger partial charge in [-0.15, -0.1) is 24.0 Å². The smallest absolute Gasteiger partial charge is 0.193 e. The lowest BCUT2D eigenvalue weighted by molar-refractivity contribution is 0.0195. The van der Waals surface area contributed by atoms with Gasteiger partial charge in [-0.25, -0.2) is 0 Å². The van der Waals surface area contributed by atoms with Gasteiger partial charge < -0.3 is 15.0 Å². The number of morpholine rings is 1. The number of nitrogens with one attached hydrogen (secondary N) is 1. The molecular formula is C19H39IN4O. The van der Waals surface area contributed by atoms with Gasteiger partial charge in [-0.3, -0.25) is 9.89 Å². The molecule has 0 bridgehead atoms. The van der Waals surface area contributed by atoms with Crippen molar-refractivity contribution in [2.24, 2.45) is 4.99 Å². The number of likely N-dealkylation sites (tertiary alicyclic amines) is 1. The summed E-state index contributed by atoms with van der Waals surface area (Å²) in [5.74, 6) is 1.09. The molecule has 0 spiro atoms. The highest BCUT2D eigenvalue weighted by Gasteiger charge is 2.30. The molecule has 0 aromatic rings. The first-order chi connectivity index (χ1) is 11.8. The fourth-order valence-electron chi connectivity index (χ4n) is 3.79. The van der Waals surface area contributed by atoms with Crippen molar-refractivity contribution in [2.45, 2.75) is 64.3 Å². The van der Waals surface area contributed by atoms with Gasteiger partial charge in [0.1, 0.15) is 0 Å². The van der Waals surface area contributed by atoms with Crippen molar-refractivity contribution in [3.8, 4) is 0 Å². The predicted octanol–water partition coefficient (Wildman–Crippen LogP) is 3.34. The minimum atomic E-state index is 0. The van der Waals surface area contributed by atoms with Crippen LogP contribution in [0.2, 0.25) is 0 Å². The number of rotatable bonds is 9. The summed E-state index contributed by atoms with van der Waals surface area (Å²) in [6.45, 7) is 9.51. The van der Waals surface area contributed by atoms with E-state index in [0.717, 1.165) is 51.9 Å². The molecule has 2 rings (SSSR count). The summed E-state index contributed by atoms with van der Waals surface area (Å²) < 4.78 is 5.47. The van der Waals surface area contributed by atoms with Gasteiger partial charge in [0.15, 0.2) is 5.96 Å². The van der Waals surface area contributed by atoms with Gasteiger partial charge in [-0.2, -0.15) is 0 Å². The van der Waals surface area contributed by atoms with Crippen LogP contribution in [0, 0.1) is 0 Å². The molecule has 1 unspecified atom stereocenters. The number of hydrogen-bond acceptors (Lipinski definition) is 3. The molecule has 0 aromatic heterocycles. The first-order valence-corrected chi connectivity index (χ1v) is 10.1. The Morgan fingerprint density at radius 3 is 2.40 bits per heavy atom. The quantitative estimate of drug-likeness (QED) is 0.245. The van der Waals surface area contributed by atoms with Crippen LogP contribution >= 0.6 is 24.0 Å². The van der Waals surface area contributed by atoms with E-state index in [1.54, 1.807) is 0 Å². The SMILES string of the molecule is CCCCCCCCCNC(=NC)N1CCC(N2CCOCC2)C1.I. The molecule has 148 valence electrons. The summed E-state index contributed by atoms with van der Waals surface area (Å²) in [5, 5.41) is 3.57. The maximum absolute atomic E-state index is 5.47. The summed E-state index contributed by atoms with van der Waals surface area (Å²) in [6.07, 6.45) is 10.7. The van der Waals surface area contributed by atoms with Crippen LogP contribution < -0.4 is 5.32 Å². The van der Waals surface area contributed by atoms with Crippen LogP contribution in [0.15, 0.2) is 4.99 Å². The normalized spacial score (nSPS) is 22.1. The van der Waals surface area contributed by atoms with Gasteiger partial charge in [0.25, 0.3) is 0 Å². The summed E-state index contributed by atoms with van der Waals surface area (Å²) in [7, 11) is 1.91. The maximum Gasteiger partial charge on any atom is 0.193 e. The number of aliphatic imine (C=N–C) groups is 1. The van der Waals surface area contributed by atoms with E-state index >= 15 is 0 Å². The molecule has 0 radical (unpaired) electrons. The number of halogens is 1. The van der Waals surface area contributed by atoms with E-state index in [9.17, 15) is 0 Å². The Bertz CT molecular complexity index is 361. The van der Waals surface area contributed by atoms with Crippen molar-refractivity contribution >= 4 is 29.9 Å². The van der Waals surface area contributed by atoms with Crippen molar-refractivity contribution in [3.63, 3.8) is 0 Å². The Morgan fingerprint density at radius 1 is 1.04 bits per heavy atom. The number of hydrogen-bond donors (Lipinski definition) is 1. The van der Waals surface area contributed by atoms with E-state index in [1.807, 2.05) is 7.05 Å². The highest BCUT2D eigenvalue weighted by molar-refractivity contribution is 14.0. The van der Waals surface area contributed by atoms with E-state index in [1.165, 1.54) is 51.4 Å². The topological polar surface area (TPSA) is 40.1 Å². The molecule has 1 N–H and O–H groups in total. The minimum absolute atomic E-state index is 0. The van der Waals surface area contributed by atoms with Crippen molar-refractivity contribution < 1.29 is 4.74 Å². The van der Waals surface area contributed by atoms with Gasteiger partial charge in [-0.1, -0.05) is 45.4 Å². The van der Waals surface area contributed by atoms with Crippen molar-refractivity contribution in [1.29, 1.82) is 0 Å². The molecule has 2 saturated heterocycles. The van der Waals surface area contributed by atoms with Crippen molar-refractivity contribution in [2.75, 3.05) is 53.0 Å². The second-order valence-corrected chi connectivity index (χ2v) is 7.13. The molecule has 2 aliphatic rings. The molecule has 2 heterocycles. The first-order valence-electron chi connectivity index (χ1n) is 10.1. The molecule has 2 fully saturated rings. The van der Waals surface area contributed by atoms with Gasteiger partial charge in [0.2, 0.25) is 0 Å². The van der Waals surface area contributed by atoms with E-state index < -0.39 is 0 Å². The zero-order valence-corrected chi connectivity index (χ0v) is 18.7. The van der Waals surface area contributed by atoms with E-state index in [0.29, 0.717) is 6.04 Å². The van der Waals surface area contributed by atoms with E-state index in [-0.39, 0.29) is 24.0 Å². The summed E-state index contributed by atoms with van der Waals surface area (Å²) in [5.41, 5.74) is 0. The molecule has 5 nitrogen and oxygen atoms in total. The van der Waals surface area contributed by atoms with Gasteiger partial charge in [0, 0.05) is 45.8 Å². The summed E-state index contributed by atoms with van der Waals surface area (Å²) in [4.78, 5) is 9.52. The van der Waals surface area contributed by atoms with Crippen LogP contribution in [0.4, 0.5) is 0 Å². The first kappa shape index (κ1) is 23.0. The Kier molecular flexibility index (Phi) is 12.9. The average molecular weight is 466 g/mol. The lowest BCUT2D eigenvalue weighted by atomic mass is 10.1. The Balaban J connectivity index is 0.00000312. The molecule has 2 aliphatic heterocycles. The standard InChI is InChI=1S/C19H38N4O.HI/c1-3-4-5-6-7-8-9-11-21-19(20-2)23-12-10-18(17-23)22-13-15-24-16-14-22;/h18H,3-17H2,1-2H3,(H,20,21);1H. The highest BCUT2D eigenvalue weighted by atomic mass is 127. The second kappa shape index (κ2) is 14.0. The number of nitrogens with zero attached hydrogens (tertiary/aromatic N) is 3. The van der Waals surface area contributed by atoms with Gasteiger partial charge in [-0.05, 0) is 12.8 Å². The molecule has 25 heavy (non-hydrogen) atoms. The number of ether oxygens (including phenoxy) is 1. The second-order valence-electron chi connectivity index (χ2n) is 7.13. The van der Waals surface area contributed by atoms with E-state index in [2.05, 4.69) is 27.0 Å². The Labute approximate surface area is 172 Å². The zero-order chi connectivity index (χ0) is 17.0. The third-order valence-electron chi connectivity index (χ3n) is 5.30. The summed E-state index contributed by atoms with van der Waals surface area (Å²) >= 11 is 0. The number of unbranched alkanes of at least 4 members (excludes halogenated alkanes) is 6. The third-order valence-corrected chi connectivity index (χ3v) is 5.30. The van der Waals surface area contributed by atoms with Gasteiger partial charge >= 0.3 is 0 Å². The van der Waals surface area contributed by atoms with Crippen LogP contribution in [-0.2, 0) is 4.74 Å². The van der Waals surface area contributed by atoms with Crippen molar-refractivity contribution in [3.05, 3.63) is 0 Å². The average Bonchev–Trinajstić information content (AvgIpc) is 3.11. The molecule has 1 atom stereocenters. The summed E-state index contributed by atoms with van der Waals surface area (Å²) in [6, 6.07) is 0.672. The lowest BCUT2D eigenvalue weighted by Crippen LogP contribution is -2.46. The number of guanidine groups is 1. The Morgan fingerprint density at radius 2 is 1.72 bits per heavy atom. The lowest BCUT2D eigenvalue weighted by Gasteiger charge is -2.32. The third kappa shape index (κ3) is 8.43. The van der Waals surface area contributed by atoms with Gasteiger partial charge in [0.05, 0.1) is 13.2 Å². The van der Waals surface area contributed by atoms with E-state index in [4.69, 9.17) is 4.74 Å². The molecule has 0 amide bonds. The van der Waals surface area contributed by atoms with Crippen molar-refractivity contribution in [1.82, 2.24) is 15.1 Å². The minimum Gasteiger partial charge on any atom is -0.379 e. The molecule has 0 aromatic carbocycles. The van der Waals surface area contributed by atoms with Crippen LogP contribution in [0.5, 0.6) is 0 Å². The molecule has 0 aliphatic carbocycles. The highest BCUT2D eigenvalue weighted by Crippen LogP contribution is 2.17. The fourth-order valence-corrected chi connectivity index (χ4v) is 3.79. The maximum atomic E-state index is 5.47. The largest absolute Gasteiger partial charge is 0.379 e. The predicted molar refractivity (Wildman–Crippen MR) is 117 cm³/mol. The zero-order valence-electron chi connectivity index (χ0n) is 16.3. The van der Waals surface area contributed by atoms with Crippen LogP contribution in [0.25, 0.3) is 0 Å². The molecule has 0 saturated carbocycles. The fraction of sp³-hybridized carbons (Fsp3) is 0.947. The van der Waals surface area contributed by atoms with Crippen LogP contribution in [-0.4, -0.2) is 74.8 Å².